The normalized spacial score (nSPS) is 39.5. The molecule has 0 aromatic carbocycles. The molecule has 1 nitrogen and oxygen atoms in total. The monoisotopic (exact) mass is 156 g/mol. The molecule has 0 aromatic rings. The number of ether oxygens (including phenoxy) is 1. The van der Waals surface area contributed by atoms with Crippen molar-refractivity contribution >= 4 is 0 Å². The molecule has 0 bridgehead atoms. The Balaban J connectivity index is 2.43. The minimum absolute atomic E-state index is 0.478. The molecular formula is C10H20O. The average molecular weight is 156 g/mol. The summed E-state index contributed by atoms with van der Waals surface area (Å²) in [7, 11) is 0. The molecule has 0 N–H and O–H groups in total. The van der Waals surface area contributed by atoms with Crippen molar-refractivity contribution in [2.45, 2.75) is 52.7 Å². The summed E-state index contributed by atoms with van der Waals surface area (Å²) in [5, 5.41) is 0. The summed E-state index contributed by atoms with van der Waals surface area (Å²) in [4.78, 5) is 0. The third-order valence-electron chi connectivity index (χ3n) is 2.68. The molecule has 0 aromatic heterocycles. The van der Waals surface area contributed by atoms with Gasteiger partial charge in [-0.05, 0) is 38.5 Å². The van der Waals surface area contributed by atoms with Crippen molar-refractivity contribution in [3.05, 3.63) is 0 Å². The third kappa shape index (κ3) is 2.48. The lowest BCUT2D eigenvalue weighted by Crippen LogP contribution is -2.31. The lowest BCUT2D eigenvalue weighted by Gasteiger charge is -2.34. The zero-order valence-electron chi connectivity index (χ0n) is 8.13. The van der Waals surface area contributed by atoms with Gasteiger partial charge >= 0.3 is 0 Å². The predicted molar refractivity (Wildman–Crippen MR) is 47.6 cm³/mol. The van der Waals surface area contributed by atoms with Crippen LogP contribution in [0.2, 0.25) is 0 Å². The van der Waals surface area contributed by atoms with Crippen molar-refractivity contribution in [3.8, 4) is 0 Å². The van der Waals surface area contributed by atoms with Crippen molar-refractivity contribution in [1.82, 2.24) is 0 Å². The predicted octanol–water partition coefficient (Wildman–Crippen LogP) is 2.85. The fraction of sp³-hybridized carbons (Fsp3) is 1.00. The van der Waals surface area contributed by atoms with E-state index in [0.29, 0.717) is 12.2 Å². The largest absolute Gasteiger partial charge is 0.376 e. The molecule has 0 saturated carbocycles. The smallest absolute Gasteiger partial charge is 0.0553 e. The summed E-state index contributed by atoms with van der Waals surface area (Å²) in [5.41, 5.74) is 0. The Morgan fingerprint density at radius 3 is 1.91 bits per heavy atom. The molecule has 1 aliphatic rings. The Bertz CT molecular complexity index is 110. The Kier molecular flexibility index (Phi) is 2.94. The molecule has 2 atom stereocenters. The summed E-state index contributed by atoms with van der Waals surface area (Å²) in [6.45, 7) is 9.00. The van der Waals surface area contributed by atoms with Crippen LogP contribution in [-0.4, -0.2) is 12.2 Å². The van der Waals surface area contributed by atoms with Crippen LogP contribution in [0.25, 0.3) is 0 Å². The molecule has 1 fully saturated rings. The number of hydrogen-bond donors (Lipinski definition) is 0. The highest BCUT2D eigenvalue weighted by Crippen LogP contribution is 2.29. The minimum atomic E-state index is 0.478. The SMILES string of the molecule is CC(C)C1C[C@H](C)O[C@@H](C)C1. The van der Waals surface area contributed by atoms with Gasteiger partial charge in [0.1, 0.15) is 0 Å². The van der Waals surface area contributed by atoms with Crippen LogP contribution in [0.3, 0.4) is 0 Å². The Labute approximate surface area is 70.1 Å². The fourth-order valence-corrected chi connectivity index (χ4v) is 2.00. The van der Waals surface area contributed by atoms with Crippen LogP contribution in [0.15, 0.2) is 0 Å². The first-order valence-electron chi connectivity index (χ1n) is 4.75. The molecular weight excluding hydrogens is 136 g/mol. The molecule has 0 radical (unpaired) electrons. The van der Waals surface area contributed by atoms with E-state index < -0.39 is 0 Å². The zero-order valence-corrected chi connectivity index (χ0v) is 8.13. The van der Waals surface area contributed by atoms with Gasteiger partial charge in [-0.15, -0.1) is 0 Å². The Morgan fingerprint density at radius 2 is 1.55 bits per heavy atom. The molecule has 1 aliphatic heterocycles. The van der Waals surface area contributed by atoms with Gasteiger partial charge in [0.05, 0.1) is 12.2 Å². The molecule has 1 rings (SSSR count). The fourth-order valence-electron chi connectivity index (χ4n) is 2.00. The summed E-state index contributed by atoms with van der Waals surface area (Å²) in [5.74, 6) is 1.71. The van der Waals surface area contributed by atoms with Gasteiger partial charge in [0.15, 0.2) is 0 Å². The maximum atomic E-state index is 5.67. The van der Waals surface area contributed by atoms with Crippen LogP contribution in [0, 0.1) is 11.8 Å². The second-order valence-electron chi connectivity index (χ2n) is 4.23. The van der Waals surface area contributed by atoms with Crippen LogP contribution in [0.1, 0.15) is 40.5 Å². The molecule has 0 aliphatic carbocycles. The van der Waals surface area contributed by atoms with Crippen molar-refractivity contribution in [1.29, 1.82) is 0 Å². The highest BCUT2D eigenvalue weighted by molar-refractivity contribution is 4.75. The first kappa shape index (κ1) is 9.05. The summed E-state index contributed by atoms with van der Waals surface area (Å²) in [6, 6.07) is 0. The first-order valence-corrected chi connectivity index (χ1v) is 4.75. The van der Waals surface area contributed by atoms with E-state index in [0.717, 1.165) is 11.8 Å². The van der Waals surface area contributed by atoms with Gasteiger partial charge in [-0.1, -0.05) is 13.8 Å². The van der Waals surface area contributed by atoms with Crippen LogP contribution in [0.5, 0.6) is 0 Å². The van der Waals surface area contributed by atoms with Crippen molar-refractivity contribution in [2.75, 3.05) is 0 Å². The van der Waals surface area contributed by atoms with E-state index >= 15 is 0 Å². The highest BCUT2D eigenvalue weighted by atomic mass is 16.5. The van der Waals surface area contributed by atoms with E-state index in [1.807, 2.05) is 0 Å². The van der Waals surface area contributed by atoms with E-state index in [1.54, 1.807) is 0 Å². The molecule has 1 saturated heterocycles. The van der Waals surface area contributed by atoms with Crippen LogP contribution < -0.4 is 0 Å². The second kappa shape index (κ2) is 3.57. The summed E-state index contributed by atoms with van der Waals surface area (Å²) < 4.78 is 5.67. The standard InChI is InChI=1S/C10H20O/c1-7(2)10-5-8(3)11-9(4)6-10/h7-10H,5-6H2,1-4H3/t8-,9-/m0/s1. The maximum Gasteiger partial charge on any atom is 0.0553 e. The number of hydrogen-bond acceptors (Lipinski definition) is 1. The Morgan fingerprint density at radius 1 is 1.09 bits per heavy atom. The quantitative estimate of drug-likeness (QED) is 0.567. The molecule has 0 unspecified atom stereocenters. The van der Waals surface area contributed by atoms with Gasteiger partial charge in [-0.3, -0.25) is 0 Å². The van der Waals surface area contributed by atoms with Crippen LogP contribution in [0.4, 0.5) is 0 Å². The van der Waals surface area contributed by atoms with E-state index in [1.165, 1.54) is 12.8 Å². The van der Waals surface area contributed by atoms with Crippen molar-refractivity contribution < 1.29 is 4.74 Å². The van der Waals surface area contributed by atoms with Crippen LogP contribution >= 0.6 is 0 Å². The lowest BCUT2D eigenvalue weighted by molar-refractivity contribution is -0.0605. The molecule has 1 heteroatoms. The average Bonchev–Trinajstić information content (AvgIpc) is 1.85. The lowest BCUT2D eigenvalue weighted by atomic mass is 9.84. The molecule has 66 valence electrons. The van der Waals surface area contributed by atoms with Gasteiger partial charge in [0, 0.05) is 0 Å². The van der Waals surface area contributed by atoms with E-state index in [2.05, 4.69) is 27.7 Å². The van der Waals surface area contributed by atoms with E-state index in [-0.39, 0.29) is 0 Å². The molecule has 0 amide bonds. The number of rotatable bonds is 1. The van der Waals surface area contributed by atoms with Gasteiger partial charge in [0.25, 0.3) is 0 Å². The minimum Gasteiger partial charge on any atom is -0.376 e. The maximum absolute atomic E-state index is 5.67. The van der Waals surface area contributed by atoms with Crippen molar-refractivity contribution in [3.63, 3.8) is 0 Å². The Hall–Kier alpha value is -0.0400. The molecule has 11 heavy (non-hydrogen) atoms. The summed E-state index contributed by atoms with van der Waals surface area (Å²) >= 11 is 0. The van der Waals surface area contributed by atoms with Gasteiger partial charge < -0.3 is 4.74 Å². The van der Waals surface area contributed by atoms with Gasteiger partial charge in [-0.2, -0.15) is 0 Å². The molecule has 0 spiro atoms. The van der Waals surface area contributed by atoms with Crippen LogP contribution in [-0.2, 0) is 4.74 Å². The highest BCUT2D eigenvalue weighted by Gasteiger charge is 2.25. The topological polar surface area (TPSA) is 9.23 Å². The van der Waals surface area contributed by atoms with E-state index in [9.17, 15) is 0 Å². The van der Waals surface area contributed by atoms with Gasteiger partial charge in [0.2, 0.25) is 0 Å². The summed E-state index contributed by atoms with van der Waals surface area (Å²) in [6.07, 6.45) is 3.46. The first-order chi connectivity index (χ1) is 5.09. The zero-order chi connectivity index (χ0) is 8.43. The van der Waals surface area contributed by atoms with E-state index in [4.69, 9.17) is 4.74 Å². The third-order valence-corrected chi connectivity index (χ3v) is 2.68. The second-order valence-corrected chi connectivity index (χ2v) is 4.23. The van der Waals surface area contributed by atoms with Gasteiger partial charge in [-0.25, -0.2) is 0 Å². The molecule has 1 heterocycles. The van der Waals surface area contributed by atoms with Crippen molar-refractivity contribution in [2.24, 2.45) is 11.8 Å².